The highest BCUT2D eigenvalue weighted by molar-refractivity contribution is 9.10. The van der Waals surface area contributed by atoms with Crippen LogP contribution in [0.15, 0.2) is 57.5 Å². The average Bonchev–Trinajstić information content (AvgIpc) is 3.22. The largest absolute Gasteiger partial charge is 0.481 e. The van der Waals surface area contributed by atoms with Gasteiger partial charge in [0.1, 0.15) is 13.2 Å². The monoisotopic (exact) mass is 958 g/mol. The summed E-state index contributed by atoms with van der Waals surface area (Å²) in [5.74, 6) is 0.0454. The van der Waals surface area contributed by atoms with Crippen LogP contribution in [0, 0.1) is 13.8 Å². The van der Waals surface area contributed by atoms with Crippen LogP contribution in [-0.2, 0) is 45.4 Å². The van der Waals surface area contributed by atoms with Gasteiger partial charge in [0.2, 0.25) is 23.5 Å². The Balaban J connectivity index is 1.48. The zero-order valence-electron chi connectivity index (χ0n) is 34.7. The number of nitrogens with one attached hydrogen (secondary N) is 2. The third kappa shape index (κ3) is 15.6. The molecule has 0 spiro atoms. The molecule has 4 N–H and O–H groups in total. The first-order valence-corrected chi connectivity index (χ1v) is 21.5. The summed E-state index contributed by atoms with van der Waals surface area (Å²) in [5.41, 5.74) is 7.92. The minimum absolute atomic E-state index is 0.0986. The predicted molar refractivity (Wildman–Crippen MR) is 235 cm³/mol. The predicted octanol–water partition coefficient (Wildman–Crippen LogP) is 8.18. The number of ether oxygens (including phenoxy) is 6. The van der Waals surface area contributed by atoms with Crippen LogP contribution >= 0.6 is 31.9 Å². The number of halogens is 2. The third-order valence-corrected chi connectivity index (χ3v) is 10.6. The Bertz CT molecular complexity index is 1860. The lowest BCUT2D eigenvalue weighted by atomic mass is 9.92. The van der Waals surface area contributed by atoms with Crippen molar-refractivity contribution in [2.45, 2.75) is 78.7 Å². The first-order valence-electron chi connectivity index (χ1n) is 19.9. The molecule has 2 aromatic heterocycles. The fourth-order valence-corrected chi connectivity index (χ4v) is 7.13. The Hall–Kier alpha value is -4.32. The molecule has 0 atom stereocenters. The van der Waals surface area contributed by atoms with Gasteiger partial charge in [-0.25, -0.2) is 0 Å². The first kappa shape index (κ1) is 48.3. The van der Waals surface area contributed by atoms with Crippen LogP contribution in [0.4, 0.5) is 0 Å². The molecule has 4 rings (SSSR count). The van der Waals surface area contributed by atoms with E-state index in [0.29, 0.717) is 111 Å². The molecular formula is C44H56Br2N4O10. The SMILES string of the molecule is COCCCOc1nc(OCc2cccc(-c3cccc(COc4nc(OCCCOC)c(CNCCCC(=O)O)cc4Br)c3C)c2C)c(Br)cc1CNCCCC(=O)O. The van der Waals surface area contributed by atoms with E-state index in [2.05, 4.69) is 68.5 Å². The molecule has 0 unspecified atom stereocenters. The van der Waals surface area contributed by atoms with E-state index in [9.17, 15) is 9.59 Å². The maximum Gasteiger partial charge on any atom is 0.303 e. The summed E-state index contributed by atoms with van der Waals surface area (Å²) in [6.07, 6.45) is 2.62. The van der Waals surface area contributed by atoms with E-state index >= 15 is 0 Å². The zero-order chi connectivity index (χ0) is 43.3. The summed E-state index contributed by atoms with van der Waals surface area (Å²) in [4.78, 5) is 31.3. The number of carboxylic acid groups (broad SMARTS) is 2. The lowest BCUT2D eigenvalue weighted by molar-refractivity contribution is -0.138. The highest BCUT2D eigenvalue weighted by atomic mass is 79.9. The van der Waals surface area contributed by atoms with Crippen LogP contribution < -0.4 is 29.6 Å². The number of hydrogen-bond acceptors (Lipinski definition) is 12. The molecule has 0 bridgehead atoms. The molecule has 0 aliphatic heterocycles. The summed E-state index contributed by atoms with van der Waals surface area (Å²) >= 11 is 7.27. The highest BCUT2D eigenvalue weighted by Crippen LogP contribution is 2.35. The molecule has 0 radical (unpaired) electrons. The number of methoxy groups -OCH3 is 2. The van der Waals surface area contributed by atoms with Crippen molar-refractivity contribution >= 4 is 43.8 Å². The van der Waals surface area contributed by atoms with Crippen molar-refractivity contribution in [3.05, 3.63) is 90.9 Å². The molecule has 0 fully saturated rings. The van der Waals surface area contributed by atoms with Crippen molar-refractivity contribution in [2.75, 3.05) is 53.7 Å². The van der Waals surface area contributed by atoms with Crippen molar-refractivity contribution in [3.8, 4) is 34.6 Å². The number of aliphatic carboxylic acids is 2. The maximum atomic E-state index is 10.9. The molecule has 326 valence electrons. The normalized spacial score (nSPS) is 11.1. The number of aromatic nitrogens is 2. The van der Waals surface area contributed by atoms with Crippen LogP contribution in [-0.4, -0.2) is 85.9 Å². The van der Waals surface area contributed by atoms with Crippen LogP contribution in [0.1, 0.15) is 71.9 Å². The lowest BCUT2D eigenvalue weighted by Crippen LogP contribution is -2.17. The molecule has 60 heavy (non-hydrogen) atoms. The Labute approximate surface area is 368 Å². The fraction of sp³-hybridized carbons (Fsp3) is 0.455. The van der Waals surface area contributed by atoms with E-state index in [-0.39, 0.29) is 26.1 Å². The summed E-state index contributed by atoms with van der Waals surface area (Å²) in [7, 11) is 3.29. The molecule has 14 nitrogen and oxygen atoms in total. The Morgan fingerprint density at radius 3 is 1.38 bits per heavy atom. The van der Waals surface area contributed by atoms with Crippen molar-refractivity contribution in [2.24, 2.45) is 0 Å². The zero-order valence-corrected chi connectivity index (χ0v) is 37.9. The summed E-state index contributed by atoms with van der Waals surface area (Å²) in [6.45, 7) is 8.66. The van der Waals surface area contributed by atoms with Crippen LogP contribution in [0.25, 0.3) is 11.1 Å². The molecule has 2 aromatic carbocycles. The minimum Gasteiger partial charge on any atom is -0.481 e. The van der Waals surface area contributed by atoms with E-state index in [4.69, 9.17) is 48.6 Å². The van der Waals surface area contributed by atoms with Crippen LogP contribution in [0.3, 0.4) is 0 Å². The van der Waals surface area contributed by atoms with E-state index in [0.717, 1.165) is 44.5 Å². The Kier molecular flexibility index (Phi) is 21.0. The molecule has 16 heteroatoms. The quantitative estimate of drug-likeness (QED) is 0.0383. The molecule has 0 aliphatic rings. The minimum atomic E-state index is -0.821. The van der Waals surface area contributed by atoms with Gasteiger partial charge in [0, 0.05) is 77.3 Å². The molecular weight excluding hydrogens is 904 g/mol. The molecule has 2 heterocycles. The van der Waals surface area contributed by atoms with Crippen LogP contribution in [0.2, 0.25) is 0 Å². The van der Waals surface area contributed by atoms with Gasteiger partial charge in [-0.05, 0) is 117 Å². The van der Waals surface area contributed by atoms with Gasteiger partial charge in [0.15, 0.2) is 0 Å². The standard InChI is InChI=1S/C44H56Br2N4O10/c1-29-31(27-59-43-37(45)23-33(25-47-17-7-15-39(51)52)41(49-43)57-21-9-19-55-3)11-5-13-35(29)36-14-6-12-32(30(36)2)28-60-44-38(46)24-34(26-48-18-8-16-40(53)54)42(50-44)58-22-10-20-56-4/h5-6,11-14,23-24,47-48H,7-10,15-22,25-28H2,1-4H3,(H,51,52)(H,53,54). The van der Waals surface area contributed by atoms with E-state index < -0.39 is 11.9 Å². The number of carbonyl (C=O) groups is 2. The number of carboxylic acids is 2. The number of rotatable bonds is 29. The van der Waals surface area contributed by atoms with Gasteiger partial charge in [-0.1, -0.05) is 36.4 Å². The topological polar surface area (TPSA) is 180 Å². The second-order valence-electron chi connectivity index (χ2n) is 14.0. The number of benzene rings is 2. The maximum absolute atomic E-state index is 10.9. The van der Waals surface area contributed by atoms with Gasteiger partial charge >= 0.3 is 11.9 Å². The summed E-state index contributed by atoms with van der Waals surface area (Å²) < 4.78 is 36.4. The summed E-state index contributed by atoms with van der Waals surface area (Å²) in [6, 6.07) is 16.2. The van der Waals surface area contributed by atoms with Crippen molar-refractivity contribution in [3.63, 3.8) is 0 Å². The van der Waals surface area contributed by atoms with Gasteiger partial charge in [0.25, 0.3) is 0 Å². The third-order valence-electron chi connectivity index (χ3n) is 9.46. The fourth-order valence-electron chi connectivity index (χ4n) is 6.17. The van der Waals surface area contributed by atoms with E-state index in [1.54, 1.807) is 14.2 Å². The average molecular weight is 961 g/mol. The summed E-state index contributed by atoms with van der Waals surface area (Å²) in [5, 5.41) is 24.5. The number of nitrogens with zero attached hydrogens (tertiary/aromatic N) is 2. The van der Waals surface area contributed by atoms with Crippen molar-refractivity contribution < 1.29 is 48.2 Å². The second-order valence-corrected chi connectivity index (χ2v) is 15.7. The number of hydrogen-bond donors (Lipinski definition) is 4. The molecule has 0 saturated carbocycles. The first-order chi connectivity index (χ1) is 29.0. The molecule has 0 amide bonds. The molecule has 4 aromatic rings. The van der Waals surface area contributed by atoms with Gasteiger partial charge in [0.05, 0.1) is 22.2 Å². The Morgan fingerprint density at radius 1 is 0.583 bits per heavy atom. The van der Waals surface area contributed by atoms with Gasteiger partial charge in [-0.3, -0.25) is 9.59 Å². The highest BCUT2D eigenvalue weighted by Gasteiger charge is 2.18. The Morgan fingerprint density at radius 2 is 1.00 bits per heavy atom. The molecule has 0 aliphatic carbocycles. The van der Waals surface area contributed by atoms with E-state index in [1.807, 2.05) is 36.4 Å². The van der Waals surface area contributed by atoms with Crippen LogP contribution in [0.5, 0.6) is 23.5 Å². The molecule has 0 saturated heterocycles. The van der Waals surface area contributed by atoms with Gasteiger partial charge in [-0.15, -0.1) is 0 Å². The number of pyridine rings is 2. The van der Waals surface area contributed by atoms with Gasteiger partial charge < -0.3 is 49.3 Å². The van der Waals surface area contributed by atoms with Crippen molar-refractivity contribution in [1.82, 2.24) is 20.6 Å². The second kappa shape index (κ2) is 26.1. The van der Waals surface area contributed by atoms with Crippen molar-refractivity contribution in [1.29, 1.82) is 0 Å². The van der Waals surface area contributed by atoms with E-state index in [1.165, 1.54) is 0 Å². The van der Waals surface area contributed by atoms with Gasteiger partial charge in [-0.2, -0.15) is 9.97 Å². The smallest absolute Gasteiger partial charge is 0.303 e. The lowest BCUT2D eigenvalue weighted by Gasteiger charge is -2.18.